The number of rotatable bonds is 4. The van der Waals surface area contributed by atoms with Crippen molar-refractivity contribution in [3.8, 4) is 5.75 Å². The number of nitrogens with zero attached hydrogens (tertiary/aromatic N) is 2. The maximum Gasteiger partial charge on any atom is 0.311 e. The minimum absolute atomic E-state index is 0.0827. The van der Waals surface area contributed by atoms with E-state index >= 15 is 0 Å². The number of hydrogen-bond acceptors (Lipinski definition) is 5. The van der Waals surface area contributed by atoms with Crippen LogP contribution in [-0.2, 0) is 9.53 Å². The quantitative estimate of drug-likeness (QED) is 0.896. The molecule has 1 N–H and O–H groups in total. The third kappa shape index (κ3) is 2.84. The molecule has 2 atom stereocenters. The van der Waals surface area contributed by atoms with E-state index in [1.807, 2.05) is 13.8 Å². The van der Waals surface area contributed by atoms with Crippen molar-refractivity contribution < 1.29 is 24.2 Å². The van der Waals surface area contributed by atoms with E-state index in [4.69, 9.17) is 9.47 Å². The molecule has 2 fully saturated rings. The van der Waals surface area contributed by atoms with E-state index < -0.39 is 11.4 Å². The van der Waals surface area contributed by atoms with Crippen LogP contribution < -0.4 is 4.74 Å². The molecule has 7 nitrogen and oxygen atoms in total. The van der Waals surface area contributed by atoms with Gasteiger partial charge in [-0.25, -0.2) is 4.98 Å². The summed E-state index contributed by atoms with van der Waals surface area (Å²) in [5.41, 5.74) is -0.687. The van der Waals surface area contributed by atoms with Gasteiger partial charge in [0.25, 0.3) is 5.91 Å². The lowest BCUT2D eigenvalue weighted by Gasteiger charge is -2.33. The van der Waals surface area contributed by atoms with Crippen molar-refractivity contribution in [2.45, 2.75) is 26.4 Å². The normalized spacial score (nSPS) is 26.3. The Morgan fingerprint density at radius 2 is 2.29 bits per heavy atom. The van der Waals surface area contributed by atoms with E-state index in [1.165, 1.54) is 0 Å². The first-order valence-corrected chi connectivity index (χ1v) is 8.16. The molecule has 0 spiro atoms. The third-order valence-electron chi connectivity index (χ3n) is 4.76. The van der Waals surface area contributed by atoms with Crippen LogP contribution in [0, 0.1) is 11.3 Å². The predicted molar refractivity (Wildman–Crippen MR) is 84.9 cm³/mol. The van der Waals surface area contributed by atoms with E-state index in [9.17, 15) is 14.7 Å². The van der Waals surface area contributed by atoms with Crippen LogP contribution in [0.15, 0.2) is 18.3 Å². The lowest BCUT2D eigenvalue weighted by molar-refractivity contribution is -0.157. The number of carbonyl (C=O) groups is 2. The van der Waals surface area contributed by atoms with Gasteiger partial charge in [-0.3, -0.25) is 9.59 Å². The summed E-state index contributed by atoms with van der Waals surface area (Å²) in [6.07, 6.45) is 1.88. The Balaban J connectivity index is 1.86. The van der Waals surface area contributed by atoms with Gasteiger partial charge in [0.2, 0.25) is 0 Å². The molecule has 2 aliphatic heterocycles. The SMILES string of the molecule is CC(C)Oc1cccnc1C(=O)N1C[C@H]2COCC[C@@]2(C(=O)O)C1. The molecule has 2 saturated heterocycles. The van der Waals surface area contributed by atoms with Crippen LogP contribution in [0.1, 0.15) is 30.8 Å². The number of aliphatic carboxylic acids is 1. The van der Waals surface area contributed by atoms with Gasteiger partial charge in [0.05, 0.1) is 18.1 Å². The summed E-state index contributed by atoms with van der Waals surface area (Å²) in [6, 6.07) is 3.42. The molecule has 0 radical (unpaired) electrons. The first-order valence-electron chi connectivity index (χ1n) is 8.16. The van der Waals surface area contributed by atoms with Crippen LogP contribution in [0.25, 0.3) is 0 Å². The summed E-state index contributed by atoms with van der Waals surface area (Å²) in [7, 11) is 0. The van der Waals surface area contributed by atoms with E-state index in [0.29, 0.717) is 31.9 Å². The summed E-state index contributed by atoms with van der Waals surface area (Å²) < 4.78 is 11.1. The first kappa shape index (κ1) is 16.7. The summed E-state index contributed by atoms with van der Waals surface area (Å²) in [6.45, 7) is 5.09. The number of aromatic nitrogens is 1. The molecule has 3 rings (SSSR count). The van der Waals surface area contributed by atoms with Crippen molar-refractivity contribution in [1.29, 1.82) is 0 Å². The van der Waals surface area contributed by atoms with Gasteiger partial charge >= 0.3 is 5.97 Å². The molecule has 0 unspecified atom stereocenters. The average Bonchev–Trinajstić information content (AvgIpc) is 2.95. The van der Waals surface area contributed by atoms with Crippen molar-refractivity contribution in [3.05, 3.63) is 24.0 Å². The Labute approximate surface area is 140 Å². The zero-order valence-corrected chi connectivity index (χ0v) is 13.9. The zero-order valence-electron chi connectivity index (χ0n) is 13.9. The molecule has 0 aliphatic carbocycles. The van der Waals surface area contributed by atoms with Crippen molar-refractivity contribution in [2.75, 3.05) is 26.3 Å². The fraction of sp³-hybridized carbons (Fsp3) is 0.588. The molecule has 3 heterocycles. The molecule has 0 saturated carbocycles. The van der Waals surface area contributed by atoms with Gasteiger partial charge in [-0.2, -0.15) is 0 Å². The second kappa shape index (κ2) is 6.39. The van der Waals surface area contributed by atoms with Crippen LogP contribution in [0.2, 0.25) is 0 Å². The fourth-order valence-corrected chi connectivity index (χ4v) is 3.50. The van der Waals surface area contributed by atoms with Crippen LogP contribution in [0.5, 0.6) is 5.75 Å². The molecule has 0 aromatic carbocycles. The van der Waals surface area contributed by atoms with Crippen molar-refractivity contribution in [2.24, 2.45) is 11.3 Å². The number of hydrogen-bond donors (Lipinski definition) is 1. The Hall–Kier alpha value is -2.15. The second-order valence-corrected chi connectivity index (χ2v) is 6.69. The Morgan fingerprint density at radius 3 is 2.96 bits per heavy atom. The maximum absolute atomic E-state index is 12.9. The van der Waals surface area contributed by atoms with Crippen LogP contribution in [-0.4, -0.2) is 59.3 Å². The maximum atomic E-state index is 12.9. The van der Waals surface area contributed by atoms with Crippen molar-refractivity contribution >= 4 is 11.9 Å². The molecule has 1 aromatic rings. The molecule has 24 heavy (non-hydrogen) atoms. The minimum Gasteiger partial charge on any atom is -0.489 e. The highest BCUT2D eigenvalue weighted by Crippen LogP contribution is 2.43. The average molecular weight is 334 g/mol. The third-order valence-corrected chi connectivity index (χ3v) is 4.76. The Bertz CT molecular complexity index is 648. The smallest absolute Gasteiger partial charge is 0.311 e. The van der Waals surface area contributed by atoms with E-state index in [-0.39, 0.29) is 30.2 Å². The van der Waals surface area contributed by atoms with E-state index in [2.05, 4.69) is 4.98 Å². The fourth-order valence-electron chi connectivity index (χ4n) is 3.50. The standard InChI is InChI=1S/C17H22N2O5/c1-11(2)24-13-4-3-6-18-14(13)15(20)19-8-12-9-23-7-5-17(12,10-19)16(21)22/h3-4,6,11-12H,5,7-10H2,1-2H3,(H,21,22)/t12-,17+/m0/s1. The number of pyridine rings is 1. The van der Waals surface area contributed by atoms with Gasteiger partial charge in [0.1, 0.15) is 0 Å². The highest BCUT2D eigenvalue weighted by molar-refractivity contribution is 5.95. The summed E-state index contributed by atoms with van der Waals surface area (Å²) in [5.74, 6) is -0.911. The number of fused-ring (bicyclic) bond motifs is 1. The van der Waals surface area contributed by atoms with E-state index in [1.54, 1.807) is 23.2 Å². The lowest BCUT2D eigenvalue weighted by Crippen LogP contribution is -2.45. The Kier molecular flexibility index (Phi) is 4.45. The number of amides is 1. The van der Waals surface area contributed by atoms with Crippen molar-refractivity contribution in [1.82, 2.24) is 9.88 Å². The number of carboxylic acid groups (broad SMARTS) is 1. The topological polar surface area (TPSA) is 89.0 Å². The van der Waals surface area contributed by atoms with Gasteiger partial charge in [-0.15, -0.1) is 0 Å². The number of carboxylic acids is 1. The van der Waals surface area contributed by atoms with Crippen molar-refractivity contribution in [3.63, 3.8) is 0 Å². The summed E-state index contributed by atoms with van der Waals surface area (Å²) in [5, 5.41) is 9.71. The van der Waals surface area contributed by atoms with Gasteiger partial charge in [-0.1, -0.05) is 0 Å². The molecule has 2 aliphatic rings. The molecule has 130 valence electrons. The number of ether oxygens (including phenoxy) is 2. The summed E-state index contributed by atoms with van der Waals surface area (Å²) in [4.78, 5) is 30.5. The second-order valence-electron chi connectivity index (χ2n) is 6.69. The van der Waals surface area contributed by atoms with Gasteiger partial charge in [0.15, 0.2) is 11.4 Å². The molecule has 7 heteroatoms. The van der Waals surface area contributed by atoms with Gasteiger partial charge < -0.3 is 19.5 Å². The van der Waals surface area contributed by atoms with Gasteiger partial charge in [0, 0.05) is 31.8 Å². The van der Waals surface area contributed by atoms with E-state index in [0.717, 1.165) is 0 Å². The molecular formula is C17H22N2O5. The predicted octanol–water partition coefficient (Wildman–Crippen LogP) is 1.43. The summed E-state index contributed by atoms with van der Waals surface area (Å²) >= 11 is 0. The van der Waals surface area contributed by atoms with Crippen LogP contribution in [0.3, 0.4) is 0 Å². The monoisotopic (exact) mass is 334 g/mol. The Morgan fingerprint density at radius 1 is 1.50 bits per heavy atom. The van der Waals surface area contributed by atoms with Crippen LogP contribution in [0.4, 0.5) is 0 Å². The molecular weight excluding hydrogens is 312 g/mol. The molecule has 0 bridgehead atoms. The minimum atomic E-state index is -0.915. The highest BCUT2D eigenvalue weighted by Gasteiger charge is 2.55. The molecule has 1 amide bonds. The van der Waals surface area contributed by atoms with Crippen LogP contribution >= 0.6 is 0 Å². The number of likely N-dealkylation sites (tertiary alicyclic amines) is 1. The highest BCUT2D eigenvalue weighted by atomic mass is 16.5. The molecule has 1 aromatic heterocycles. The zero-order chi connectivity index (χ0) is 17.3. The van der Waals surface area contributed by atoms with Gasteiger partial charge in [-0.05, 0) is 32.4 Å². The first-order chi connectivity index (χ1) is 11.4. The number of carbonyl (C=O) groups excluding carboxylic acids is 1. The largest absolute Gasteiger partial charge is 0.489 e. The lowest BCUT2D eigenvalue weighted by atomic mass is 9.74.